The van der Waals surface area contributed by atoms with Crippen molar-refractivity contribution in [1.29, 1.82) is 0 Å². The van der Waals surface area contributed by atoms with Gasteiger partial charge in [0, 0.05) is 18.3 Å². The molecule has 0 amide bonds. The number of ether oxygens (including phenoxy) is 1. The van der Waals surface area contributed by atoms with Crippen molar-refractivity contribution < 1.29 is 9.53 Å². The van der Waals surface area contributed by atoms with Crippen LogP contribution in [0.25, 0.3) is 5.65 Å². The Kier molecular flexibility index (Phi) is 4.89. The summed E-state index contributed by atoms with van der Waals surface area (Å²) in [4.78, 5) is 21.1. The molecule has 3 rings (SSSR count). The lowest BCUT2D eigenvalue weighted by molar-refractivity contribution is 0.0728. The summed E-state index contributed by atoms with van der Waals surface area (Å²) in [7, 11) is 0. The van der Waals surface area contributed by atoms with E-state index in [1.807, 2.05) is 28.8 Å². The van der Waals surface area contributed by atoms with Crippen molar-refractivity contribution in [2.45, 2.75) is 39.0 Å². The molecule has 2 heterocycles. The third kappa shape index (κ3) is 3.45. The summed E-state index contributed by atoms with van der Waals surface area (Å²) in [6.07, 6.45) is 8.56. The first-order valence-corrected chi connectivity index (χ1v) is 8.33. The predicted molar refractivity (Wildman–Crippen MR) is 92.3 cm³/mol. The van der Waals surface area contributed by atoms with Crippen LogP contribution in [-0.4, -0.2) is 20.3 Å². The number of rotatable bonds is 6. The third-order valence-electron chi connectivity index (χ3n) is 4.07. The molecule has 5 nitrogen and oxygen atoms in total. The van der Waals surface area contributed by atoms with E-state index in [0.29, 0.717) is 11.7 Å². The highest BCUT2D eigenvalue weighted by Gasteiger charge is 2.15. The Morgan fingerprint density at radius 2 is 2.00 bits per heavy atom. The van der Waals surface area contributed by atoms with Gasteiger partial charge in [-0.1, -0.05) is 38.5 Å². The van der Waals surface area contributed by atoms with E-state index in [9.17, 15) is 4.79 Å². The standard InChI is InChI=1S/C19H21N3O2/c1-3-8-14(4-2)16-12-22-13-17(20-11-18(22)21-16)19(23)24-15-9-6-5-7-10-15/h5-7,9-14H,3-4,8H2,1-2H3. The molecule has 2 aromatic heterocycles. The zero-order valence-corrected chi connectivity index (χ0v) is 14.0. The number of fused-ring (bicyclic) bond motifs is 1. The molecule has 0 saturated heterocycles. The van der Waals surface area contributed by atoms with Gasteiger partial charge in [-0.25, -0.2) is 14.8 Å². The maximum Gasteiger partial charge on any atom is 0.363 e. The minimum atomic E-state index is -0.473. The quantitative estimate of drug-likeness (QED) is 0.503. The minimum Gasteiger partial charge on any atom is -0.422 e. The van der Waals surface area contributed by atoms with E-state index >= 15 is 0 Å². The summed E-state index contributed by atoms with van der Waals surface area (Å²) in [5, 5.41) is 0. The number of nitrogens with zero attached hydrogens (tertiary/aromatic N) is 3. The number of aromatic nitrogens is 3. The van der Waals surface area contributed by atoms with Crippen molar-refractivity contribution in [1.82, 2.24) is 14.4 Å². The Morgan fingerprint density at radius 3 is 2.71 bits per heavy atom. The second kappa shape index (κ2) is 7.25. The molecule has 0 bridgehead atoms. The van der Waals surface area contributed by atoms with Crippen LogP contribution >= 0.6 is 0 Å². The lowest BCUT2D eigenvalue weighted by atomic mass is 9.98. The summed E-state index contributed by atoms with van der Waals surface area (Å²) in [6, 6.07) is 8.99. The molecule has 1 atom stereocenters. The zero-order valence-electron chi connectivity index (χ0n) is 14.0. The van der Waals surface area contributed by atoms with Crippen molar-refractivity contribution in [3.05, 3.63) is 60.3 Å². The number of para-hydroxylation sites is 1. The molecule has 0 N–H and O–H groups in total. The maximum atomic E-state index is 12.2. The molecular formula is C19H21N3O2. The van der Waals surface area contributed by atoms with Crippen LogP contribution in [0.15, 0.2) is 48.9 Å². The van der Waals surface area contributed by atoms with Crippen LogP contribution in [0.3, 0.4) is 0 Å². The average Bonchev–Trinajstić information content (AvgIpc) is 3.03. The molecule has 0 spiro atoms. The molecule has 24 heavy (non-hydrogen) atoms. The Bertz CT molecular complexity index is 827. The van der Waals surface area contributed by atoms with Gasteiger partial charge in [0.25, 0.3) is 0 Å². The first kappa shape index (κ1) is 16.2. The number of carbonyl (C=O) groups excluding carboxylic acids is 1. The minimum absolute atomic E-state index is 0.263. The smallest absolute Gasteiger partial charge is 0.363 e. The van der Waals surface area contributed by atoms with Crippen LogP contribution in [0.1, 0.15) is 55.2 Å². The number of esters is 1. The molecule has 3 aromatic rings. The van der Waals surface area contributed by atoms with Crippen LogP contribution in [0.2, 0.25) is 0 Å². The number of carbonyl (C=O) groups is 1. The monoisotopic (exact) mass is 323 g/mol. The Morgan fingerprint density at radius 1 is 1.21 bits per heavy atom. The van der Waals surface area contributed by atoms with Crippen molar-refractivity contribution >= 4 is 11.6 Å². The zero-order chi connectivity index (χ0) is 16.9. The molecule has 5 heteroatoms. The average molecular weight is 323 g/mol. The Hall–Kier alpha value is -2.69. The largest absolute Gasteiger partial charge is 0.422 e. The molecule has 124 valence electrons. The van der Waals surface area contributed by atoms with Gasteiger partial charge >= 0.3 is 5.97 Å². The van der Waals surface area contributed by atoms with E-state index in [1.54, 1.807) is 24.5 Å². The van der Waals surface area contributed by atoms with Crippen LogP contribution < -0.4 is 4.74 Å². The lowest BCUT2D eigenvalue weighted by Gasteiger charge is -2.09. The van der Waals surface area contributed by atoms with E-state index in [0.717, 1.165) is 30.6 Å². The van der Waals surface area contributed by atoms with Gasteiger partial charge in [0.2, 0.25) is 0 Å². The van der Waals surface area contributed by atoms with Crippen LogP contribution in [0, 0.1) is 0 Å². The first-order valence-electron chi connectivity index (χ1n) is 8.33. The topological polar surface area (TPSA) is 56.5 Å². The van der Waals surface area contributed by atoms with Crippen LogP contribution in [0.5, 0.6) is 5.75 Å². The van der Waals surface area contributed by atoms with Gasteiger partial charge in [0.05, 0.1) is 11.9 Å². The van der Waals surface area contributed by atoms with E-state index in [2.05, 4.69) is 23.8 Å². The number of hydrogen-bond donors (Lipinski definition) is 0. The highest BCUT2D eigenvalue weighted by Crippen LogP contribution is 2.24. The lowest BCUT2D eigenvalue weighted by Crippen LogP contribution is -2.11. The van der Waals surface area contributed by atoms with Gasteiger partial charge in [-0.3, -0.25) is 0 Å². The molecule has 0 radical (unpaired) electrons. The maximum absolute atomic E-state index is 12.2. The van der Waals surface area contributed by atoms with Gasteiger partial charge in [0.1, 0.15) is 5.75 Å². The van der Waals surface area contributed by atoms with Crippen LogP contribution in [-0.2, 0) is 0 Å². The highest BCUT2D eigenvalue weighted by molar-refractivity contribution is 5.88. The second-order valence-electron chi connectivity index (χ2n) is 5.80. The summed E-state index contributed by atoms with van der Waals surface area (Å²) < 4.78 is 7.18. The molecule has 1 unspecified atom stereocenters. The predicted octanol–water partition coefficient (Wildman–Crippen LogP) is 4.24. The van der Waals surface area contributed by atoms with Gasteiger partial charge < -0.3 is 9.14 Å². The van der Waals surface area contributed by atoms with Gasteiger partial charge in [-0.2, -0.15) is 0 Å². The van der Waals surface area contributed by atoms with Gasteiger partial charge in [-0.05, 0) is 25.0 Å². The Labute approximate surface area is 141 Å². The highest BCUT2D eigenvalue weighted by atomic mass is 16.5. The number of hydrogen-bond acceptors (Lipinski definition) is 4. The van der Waals surface area contributed by atoms with Gasteiger partial charge in [-0.15, -0.1) is 0 Å². The van der Waals surface area contributed by atoms with Gasteiger partial charge in [0.15, 0.2) is 11.3 Å². The molecule has 0 aliphatic heterocycles. The normalized spacial score (nSPS) is 12.2. The molecule has 0 saturated carbocycles. The summed E-state index contributed by atoms with van der Waals surface area (Å²) in [6.45, 7) is 4.35. The van der Waals surface area contributed by atoms with Crippen molar-refractivity contribution in [2.75, 3.05) is 0 Å². The Balaban J connectivity index is 1.84. The SMILES string of the molecule is CCCC(CC)c1cn2cc(C(=O)Oc3ccccc3)ncc2n1. The summed E-state index contributed by atoms with van der Waals surface area (Å²) in [5.74, 6) is 0.471. The van der Waals surface area contributed by atoms with E-state index in [-0.39, 0.29) is 5.69 Å². The molecule has 0 fully saturated rings. The molecular weight excluding hydrogens is 302 g/mol. The third-order valence-corrected chi connectivity index (χ3v) is 4.07. The molecule has 1 aromatic carbocycles. The molecule has 0 aliphatic carbocycles. The van der Waals surface area contributed by atoms with Crippen molar-refractivity contribution in [3.63, 3.8) is 0 Å². The first-order chi connectivity index (χ1) is 11.7. The van der Waals surface area contributed by atoms with Crippen molar-refractivity contribution in [2.24, 2.45) is 0 Å². The van der Waals surface area contributed by atoms with Crippen LogP contribution in [0.4, 0.5) is 0 Å². The fourth-order valence-electron chi connectivity index (χ4n) is 2.78. The second-order valence-corrected chi connectivity index (χ2v) is 5.80. The number of imidazole rings is 1. The summed E-state index contributed by atoms with van der Waals surface area (Å²) >= 11 is 0. The van der Waals surface area contributed by atoms with E-state index in [4.69, 9.17) is 4.74 Å². The van der Waals surface area contributed by atoms with E-state index < -0.39 is 5.97 Å². The fraction of sp³-hybridized carbons (Fsp3) is 0.316. The van der Waals surface area contributed by atoms with E-state index in [1.165, 1.54) is 0 Å². The number of benzene rings is 1. The summed E-state index contributed by atoms with van der Waals surface area (Å²) in [5.41, 5.74) is 2.06. The van der Waals surface area contributed by atoms with Crippen molar-refractivity contribution in [3.8, 4) is 5.75 Å². The molecule has 0 aliphatic rings. The fourth-order valence-corrected chi connectivity index (χ4v) is 2.78.